The van der Waals surface area contributed by atoms with Gasteiger partial charge in [0.25, 0.3) is 5.91 Å². The van der Waals surface area contributed by atoms with E-state index in [1.165, 1.54) is 37.7 Å². The summed E-state index contributed by atoms with van der Waals surface area (Å²) in [5.41, 5.74) is 0.00737. The zero-order valence-corrected chi connectivity index (χ0v) is 20.3. The molecule has 33 heavy (non-hydrogen) atoms. The Balaban J connectivity index is 1.71. The molecule has 7 nitrogen and oxygen atoms in total. The monoisotopic (exact) mass is 564 g/mol. The van der Waals surface area contributed by atoms with Crippen molar-refractivity contribution in [3.8, 4) is 11.5 Å². The quantitative estimate of drug-likeness (QED) is 0.380. The number of hydrogen-bond donors (Lipinski definition) is 2. The third-order valence-corrected chi connectivity index (χ3v) is 7.15. The van der Waals surface area contributed by atoms with Crippen molar-refractivity contribution in [2.45, 2.75) is 24.7 Å². The van der Waals surface area contributed by atoms with Gasteiger partial charge in [0.2, 0.25) is 0 Å². The van der Waals surface area contributed by atoms with Gasteiger partial charge in [0.15, 0.2) is 11.7 Å². The zero-order valence-electron chi connectivity index (χ0n) is 17.2. The van der Waals surface area contributed by atoms with Gasteiger partial charge in [0, 0.05) is 23.4 Å². The minimum Gasteiger partial charge on any atom is -0.495 e. The Labute approximate surface area is 203 Å². The standard InChI is InChI=1S/C20H17BrClF3N4O3S/c1-31-12-7-10(13(32-2)6-9(12)22)27-19(30)17-16(21)18-26-11(14-4-3-5-33-14)8-15(20(23,24)25)29(18)28-17/h3-7,11,15,26H,8H2,1-2H3,(H,27,30)/t11-,15-/m0/s1. The zero-order chi connectivity index (χ0) is 23.9. The van der Waals surface area contributed by atoms with Crippen LogP contribution in [0.1, 0.15) is 33.9 Å². The number of amides is 1. The van der Waals surface area contributed by atoms with Crippen molar-refractivity contribution in [3.05, 3.63) is 49.7 Å². The molecular weight excluding hydrogens is 549 g/mol. The number of benzene rings is 1. The third-order valence-electron chi connectivity index (χ3n) is 5.12. The molecule has 0 radical (unpaired) electrons. The number of halogens is 5. The molecule has 176 valence electrons. The molecule has 4 rings (SSSR count). The molecule has 3 heterocycles. The van der Waals surface area contributed by atoms with Gasteiger partial charge in [-0.05, 0) is 27.4 Å². The fraction of sp³-hybridized carbons (Fsp3) is 0.300. The van der Waals surface area contributed by atoms with E-state index < -0.39 is 24.2 Å². The summed E-state index contributed by atoms with van der Waals surface area (Å²) in [4.78, 5) is 13.8. The van der Waals surface area contributed by atoms with Gasteiger partial charge in [-0.15, -0.1) is 11.3 Å². The normalized spacial score (nSPS) is 17.8. The van der Waals surface area contributed by atoms with E-state index in [4.69, 9.17) is 21.1 Å². The lowest BCUT2D eigenvalue weighted by Gasteiger charge is -2.33. The molecule has 2 N–H and O–H groups in total. The van der Waals surface area contributed by atoms with E-state index in [1.807, 2.05) is 0 Å². The largest absolute Gasteiger partial charge is 0.495 e. The first kappa shape index (κ1) is 23.7. The van der Waals surface area contributed by atoms with Crippen molar-refractivity contribution in [3.63, 3.8) is 0 Å². The second-order valence-corrected chi connectivity index (χ2v) is 9.28. The van der Waals surface area contributed by atoms with E-state index in [0.29, 0.717) is 0 Å². The van der Waals surface area contributed by atoms with Crippen LogP contribution in [0.5, 0.6) is 11.5 Å². The lowest BCUT2D eigenvalue weighted by Crippen LogP contribution is -2.35. The van der Waals surface area contributed by atoms with Gasteiger partial charge in [-0.2, -0.15) is 18.3 Å². The molecule has 1 aliphatic rings. The van der Waals surface area contributed by atoms with Crippen LogP contribution in [0.2, 0.25) is 5.02 Å². The first-order valence-electron chi connectivity index (χ1n) is 9.51. The smallest absolute Gasteiger partial charge is 0.410 e. The Bertz CT molecular complexity index is 1190. The molecule has 1 aliphatic heterocycles. The number of thiophene rings is 1. The van der Waals surface area contributed by atoms with Gasteiger partial charge >= 0.3 is 6.18 Å². The number of carbonyl (C=O) groups is 1. The minimum absolute atomic E-state index is 0.0766. The summed E-state index contributed by atoms with van der Waals surface area (Å²) in [5, 5.41) is 11.8. The van der Waals surface area contributed by atoms with Crippen molar-refractivity contribution in [2.75, 3.05) is 24.9 Å². The van der Waals surface area contributed by atoms with Crippen LogP contribution in [0.3, 0.4) is 0 Å². The summed E-state index contributed by atoms with van der Waals surface area (Å²) >= 11 is 10.7. The molecule has 0 aliphatic carbocycles. The molecule has 13 heteroatoms. The number of nitrogens with zero attached hydrogens (tertiary/aromatic N) is 2. The number of hydrogen-bond acceptors (Lipinski definition) is 6. The van der Waals surface area contributed by atoms with Crippen LogP contribution in [0.4, 0.5) is 24.7 Å². The van der Waals surface area contributed by atoms with Gasteiger partial charge < -0.3 is 20.1 Å². The van der Waals surface area contributed by atoms with Crippen molar-refractivity contribution < 1.29 is 27.4 Å². The van der Waals surface area contributed by atoms with E-state index in [1.54, 1.807) is 17.5 Å². The number of fused-ring (bicyclic) bond motifs is 1. The van der Waals surface area contributed by atoms with Gasteiger partial charge in [0.05, 0.1) is 35.4 Å². The number of methoxy groups -OCH3 is 2. The Morgan fingerprint density at radius 1 is 1.33 bits per heavy atom. The second kappa shape index (κ2) is 9.07. The molecule has 0 saturated heterocycles. The first-order chi connectivity index (χ1) is 15.6. The van der Waals surface area contributed by atoms with Crippen molar-refractivity contribution in [1.29, 1.82) is 0 Å². The van der Waals surface area contributed by atoms with Gasteiger partial charge in [-0.3, -0.25) is 4.79 Å². The van der Waals surface area contributed by atoms with E-state index >= 15 is 0 Å². The SMILES string of the molecule is COc1cc(NC(=O)c2nn3c(c2Br)N[C@H](c2cccs2)C[C@H]3C(F)(F)F)c(OC)cc1Cl. The Morgan fingerprint density at radius 2 is 2.06 bits per heavy atom. The molecule has 0 unspecified atom stereocenters. The van der Waals surface area contributed by atoms with Crippen LogP contribution in [0, 0.1) is 0 Å². The maximum Gasteiger partial charge on any atom is 0.410 e. The van der Waals surface area contributed by atoms with Crippen LogP contribution in [-0.4, -0.2) is 36.1 Å². The number of nitrogens with one attached hydrogen (secondary N) is 2. The molecular formula is C20H17BrClF3N4O3S. The predicted molar refractivity (Wildman–Crippen MR) is 123 cm³/mol. The average Bonchev–Trinajstić information content (AvgIpc) is 3.42. The highest BCUT2D eigenvalue weighted by Crippen LogP contribution is 2.47. The maximum atomic E-state index is 13.9. The molecule has 0 bridgehead atoms. The summed E-state index contributed by atoms with van der Waals surface area (Å²) in [6.07, 6.45) is -4.81. The summed E-state index contributed by atoms with van der Waals surface area (Å²) in [7, 11) is 2.80. The molecule has 0 saturated carbocycles. The minimum atomic E-state index is -4.56. The topological polar surface area (TPSA) is 77.4 Å². The predicted octanol–water partition coefficient (Wildman–Crippen LogP) is 6.29. The fourth-order valence-corrected chi connectivity index (χ4v) is 5.13. The Hall–Kier alpha value is -2.44. The van der Waals surface area contributed by atoms with Crippen LogP contribution >= 0.6 is 38.9 Å². The molecule has 0 spiro atoms. The maximum absolute atomic E-state index is 13.9. The Morgan fingerprint density at radius 3 is 2.67 bits per heavy atom. The molecule has 2 aromatic heterocycles. The molecule has 1 amide bonds. The number of carbonyl (C=O) groups excluding carboxylic acids is 1. The van der Waals surface area contributed by atoms with Gasteiger partial charge in [0.1, 0.15) is 17.3 Å². The van der Waals surface area contributed by atoms with Crippen LogP contribution < -0.4 is 20.1 Å². The highest BCUT2D eigenvalue weighted by molar-refractivity contribution is 9.10. The van der Waals surface area contributed by atoms with Crippen molar-refractivity contribution in [2.24, 2.45) is 0 Å². The second-order valence-electron chi connectivity index (χ2n) is 7.10. The lowest BCUT2D eigenvalue weighted by molar-refractivity contribution is -0.173. The average molecular weight is 566 g/mol. The number of ether oxygens (including phenoxy) is 2. The van der Waals surface area contributed by atoms with Crippen molar-refractivity contribution >= 4 is 56.3 Å². The summed E-state index contributed by atoms with van der Waals surface area (Å²) in [5.74, 6) is -0.124. The number of rotatable bonds is 5. The van der Waals surface area contributed by atoms with E-state index in [2.05, 4.69) is 31.7 Å². The van der Waals surface area contributed by atoms with Gasteiger partial charge in [-0.25, -0.2) is 4.68 Å². The molecule has 2 atom stereocenters. The van der Waals surface area contributed by atoms with E-state index in [-0.39, 0.29) is 44.6 Å². The first-order valence-corrected chi connectivity index (χ1v) is 11.6. The van der Waals surface area contributed by atoms with E-state index in [9.17, 15) is 18.0 Å². The fourth-order valence-electron chi connectivity index (χ4n) is 3.55. The number of alkyl halides is 3. The highest BCUT2D eigenvalue weighted by Gasteiger charge is 2.48. The summed E-state index contributed by atoms with van der Waals surface area (Å²) < 4.78 is 53.0. The third kappa shape index (κ3) is 4.51. The van der Waals surface area contributed by atoms with Crippen LogP contribution in [0.15, 0.2) is 34.1 Å². The number of anilines is 2. The molecule has 3 aromatic rings. The summed E-state index contributed by atoms with van der Waals surface area (Å²) in [6.45, 7) is 0. The van der Waals surface area contributed by atoms with Crippen molar-refractivity contribution in [1.82, 2.24) is 9.78 Å². The van der Waals surface area contributed by atoms with Crippen LogP contribution in [-0.2, 0) is 0 Å². The van der Waals surface area contributed by atoms with Gasteiger partial charge in [-0.1, -0.05) is 17.7 Å². The lowest BCUT2D eigenvalue weighted by atomic mass is 10.0. The summed E-state index contributed by atoms with van der Waals surface area (Å²) in [6, 6.07) is 3.97. The van der Waals surface area contributed by atoms with E-state index in [0.717, 1.165) is 9.56 Å². The Kier molecular flexibility index (Phi) is 6.52. The molecule has 0 fully saturated rings. The number of aromatic nitrogens is 2. The highest BCUT2D eigenvalue weighted by atomic mass is 79.9. The molecule has 1 aromatic carbocycles. The van der Waals surface area contributed by atoms with Crippen LogP contribution in [0.25, 0.3) is 0 Å².